The van der Waals surface area contributed by atoms with Gasteiger partial charge >= 0.3 is 0 Å². The number of fused-ring (bicyclic) bond motifs is 1. The van der Waals surface area contributed by atoms with Crippen LogP contribution in [-0.4, -0.2) is 48.9 Å². The quantitative estimate of drug-likeness (QED) is 0.668. The molecule has 1 aromatic carbocycles. The third-order valence-electron chi connectivity index (χ3n) is 6.91. The molecular formula is C26H39N3O. The van der Waals surface area contributed by atoms with Crippen molar-refractivity contribution in [2.75, 3.05) is 38.1 Å². The first-order valence-electron chi connectivity index (χ1n) is 11.3. The second-order valence-electron chi connectivity index (χ2n) is 9.61. The molecule has 0 aliphatic carbocycles. The average molecular weight is 410 g/mol. The second kappa shape index (κ2) is 9.91. The molecular weight excluding hydrogens is 370 g/mol. The summed E-state index contributed by atoms with van der Waals surface area (Å²) in [6, 6.07) is 8.64. The summed E-state index contributed by atoms with van der Waals surface area (Å²) in [6.07, 6.45) is 6.93. The van der Waals surface area contributed by atoms with Crippen LogP contribution in [0, 0.1) is 24.7 Å². The van der Waals surface area contributed by atoms with Crippen LogP contribution >= 0.6 is 0 Å². The number of pyridine rings is 1. The van der Waals surface area contributed by atoms with Gasteiger partial charge in [-0.05, 0) is 87.8 Å². The van der Waals surface area contributed by atoms with E-state index in [1.807, 2.05) is 12.3 Å². The molecule has 30 heavy (non-hydrogen) atoms. The number of rotatable bonds is 5. The number of piperidine rings is 2. The lowest BCUT2D eigenvalue weighted by Crippen LogP contribution is -2.40. The van der Waals surface area contributed by atoms with E-state index in [0.29, 0.717) is 23.5 Å². The van der Waals surface area contributed by atoms with E-state index in [1.54, 1.807) is 0 Å². The van der Waals surface area contributed by atoms with Gasteiger partial charge in [0.1, 0.15) is 5.78 Å². The molecule has 0 unspecified atom stereocenters. The lowest BCUT2D eigenvalue weighted by atomic mass is 9.83. The van der Waals surface area contributed by atoms with Gasteiger partial charge in [-0.1, -0.05) is 20.4 Å². The van der Waals surface area contributed by atoms with Crippen LogP contribution in [0.1, 0.15) is 52.0 Å². The molecule has 0 spiro atoms. The topological polar surface area (TPSA) is 36.4 Å². The highest BCUT2D eigenvalue weighted by molar-refractivity contribution is 5.93. The number of ketones is 1. The highest BCUT2D eigenvalue weighted by Crippen LogP contribution is 2.34. The first kappa shape index (κ1) is 22.7. The van der Waals surface area contributed by atoms with Crippen LogP contribution in [-0.2, 0) is 4.79 Å². The number of nitrogens with zero attached hydrogens (tertiary/aromatic N) is 3. The van der Waals surface area contributed by atoms with Gasteiger partial charge in [-0.15, -0.1) is 0 Å². The van der Waals surface area contributed by atoms with Gasteiger partial charge in [0.2, 0.25) is 0 Å². The SMILES string of the molecule is C.Cc1ccc(N2C[C@@H](C)C[C@@H](CC(=O)CC3CCN(C)CC3)C2)c2cccnc12. The fourth-order valence-corrected chi connectivity index (χ4v) is 5.39. The van der Waals surface area contributed by atoms with Crippen LogP contribution in [0.5, 0.6) is 0 Å². The molecule has 0 saturated carbocycles. The van der Waals surface area contributed by atoms with Crippen LogP contribution in [0.25, 0.3) is 10.9 Å². The number of likely N-dealkylation sites (tertiary alicyclic amines) is 1. The van der Waals surface area contributed by atoms with Gasteiger partial charge in [-0.25, -0.2) is 0 Å². The standard InChI is InChI=1S/C25H35N3O.CH4/c1-18-13-21(15-22(29)14-20-8-11-27(3)12-9-20)17-28(16-18)24-7-6-19(2)25-23(24)5-4-10-26-25;/h4-7,10,18,20-21H,8-9,11-17H2,1-3H3;1H4/t18-,21-;/m0./s1. The summed E-state index contributed by atoms with van der Waals surface area (Å²) in [7, 11) is 2.18. The fraction of sp³-hybridized carbons (Fsp3) is 0.615. The van der Waals surface area contributed by atoms with Crippen molar-refractivity contribution in [2.24, 2.45) is 17.8 Å². The van der Waals surface area contributed by atoms with Crippen molar-refractivity contribution in [3.05, 3.63) is 36.0 Å². The molecule has 0 amide bonds. The molecule has 2 aromatic rings. The van der Waals surface area contributed by atoms with Crippen molar-refractivity contribution >= 4 is 22.4 Å². The van der Waals surface area contributed by atoms with Crippen LogP contribution in [0.3, 0.4) is 0 Å². The maximum Gasteiger partial charge on any atom is 0.133 e. The number of hydrogen-bond acceptors (Lipinski definition) is 4. The summed E-state index contributed by atoms with van der Waals surface area (Å²) in [6.45, 7) is 8.78. The van der Waals surface area contributed by atoms with E-state index in [-0.39, 0.29) is 7.43 Å². The first-order chi connectivity index (χ1) is 14.0. The van der Waals surface area contributed by atoms with E-state index in [4.69, 9.17) is 0 Å². The zero-order valence-corrected chi connectivity index (χ0v) is 18.2. The second-order valence-corrected chi connectivity index (χ2v) is 9.61. The van der Waals surface area contributed by atoms with Crippen molar-refractivity contribution in [2.45, 2.75) is 53.4 Å². The molecule has 4 rings (SSSR count). The maximum absolute atomic E-state index is 12.8. The third-order valence-corrected chi connectivity index (χ3v) is 6.91. The van der Waals surface area contributed by atoms with Gasteiger partial charge in [0.05, 0.1) is 5.52 Å². The van der Waals surface area contributed by atoms with Crippen molar-refractivity contribution in [3.63, 3.8) is 0 Å². The molecule has 2 atom stereocenters. The molecule has 0 bridgehead atoms. The Morgan fingerprint density at radius 3 is 2.60 bits per heavy atom. The Kier molecular flexibility index (Phi) is 7.51. The molecule has 2 aliphatic rings. The molecule has 2 fully saturated rings. The molecule has 2 saturated heterocycles. The van der Waals surface area contributed by atoms with Gasteiger partial charge in [-0.2, -0.15) is 0 Å². The molecule has 0 radical (unpaired) electrons. The summed E-state index contributed by atoms with van der Waals surface area (Å²) in [5, 5.41) is 1.23. The van der Waals surface area contributed by atoms with E-state index >= 15 is 0 Å². The highest BCUT2D eigenvalue weighted by Gasteiger charge is 2.28. The van der Waals surface area contributed by atoms with Crippen molar-refractivity contribution in [1.82, 2.24) is 9.88 Å². The minimum absolute atomic E-state index is 0. The summed E-state index contributed by atoms with van der Waals surface area (Å²) in [5.74, 6) is 2.15. The largest absolute Gasteiger partial charge is 0.370 e. The van der Waals surface area contributed by atoms with Crippen molar-refractivity contribution in [3.8, 4) is 0 Å². The third kappa shape index (κ3) is 5.21. The van der Waals surface area contributed by atoms with E-state index in [9.17, 15) is 4.79 Å². The molecule has 4 heteroatoms. The van der Waals surface area contributed by atoms with Crippen molar-refractivity contribution < 1.29 is 4.79 Å². The lowest BCUT2D eigenvalue weighted by Gasteiger charge is -2.38. The summed E-state index contributed by atoms with van der Waals surface area (Å²) >= 11 is 0. The van der Waals surface area contributed by atoms with Crippen LogP contribution in [0.15, 0.2) is 30.5 Å². The Morgan fingerprint density at radius 2 is 1.83 bits per heavy atom. The van der Waals surface area contributed by atoms with Gasteiger partial charge in [0.25, 0.3) is 0 Å². The molecule has 3 heterocycles. The normalized spacial score (nSPS) is 23.4. The molecule has 0 N–H and O–H groups in total. The first-order valence-corrected chi connectivity index (χ1v) is 11.3. The van der Waals surface area contributed by atoms with Crippen molar-refractivity contribution in [1.29, 1.82) is 0 Å². The summed E-state index contributed by atoms with van der Waals surface area (Å²) in [4.78, 5) is 22.3. The molecule has 164 valence electrons. The zero-order chi connectivity index (χ0) is 20.4. The minimum atomic E-state index is 0. The van der Waals surface area contributed by atoms with E-state index in [1.165, 1.54) is 29.5 Å². The fourth-order valence-electron chi connectivity index (χ4n) is 5.39. The van der Waals surface area contributed by atoms with Gasteiger partial charge < -0.3 is 9.80 Å². The predicted molar refractivity (Wildman–Crippen MR) is 127 cm³/mol. The predicted octanol–water partition coefficient (Wildman–Crippen LogP) is 5.33. The lowest BCUT2D eigenvalue weighted by molar-refractivity contribution is -0.121. The maximum atomic E-state index is 12.8. The van der Waals surface area contributed by atoms with E-state index in [2.05, 4.69) is 53.9 Å². The van der Waals surface area contributed by atoms with Crippen LogP contribution < -0.4 is 4.90 Å². The summed E-state index contributed by atoms with van der Waals surface area (Å²) in [5.41, 5.74) is 3.59. The van der Waals surface area contributed by atoms with Gasteiger partial charge in [-0.3, -0.25) is 9.78 Å². The number of carbonyl (C=O) groups is 1. The van der Waals surface area contributed by atoms with Gasteiger partial charge in [0.15, 0.2) is 0 Å². The summed E-state index contributed by atoms with van der Waals surface area (Å²) < 4.78 is 0. The monoisotopic (exact) mass is 409 g/mol. The van der Waals surface area contributed by atoms with Crippen LogP contribution in [0.4, 0.5) is 5.69 Å². The number of benzene rings is 1. The smallest absolute Gasteiger partial charge is 0.133 e. The zero-order valence-electron chi connectivity index (χ0n) is 18.2. The number of aryl methyl sites for hydroxylation is 1. The Bertz CT molecular complexity index is 856. The van der Waals surface area contributed by atoms with E-state index in [0.717, 1.165) is 51.0 Å². The Morgan fingerprint density at radius 1 is 1.10 bits per heavy atom. The van der Waals surface area contributed by atoms with Gasteiger partial charge in [0, 0.05) is 43.2 Å². The number of Topliss-reactive ketones (excluding diaryl/α,β-unsaturated/α-hetero) is 1. The Hall–Kier alpha value is -1.94. The number of carbonyl (C=O) groups excluding carboxylic acids is 1. The molecule has 4 nitrogen and oxygen atoms in total. The minimum Gasteiger partial charge on any atom is -0.370 e. The highest BCUT2D eigenvalue weighted by atomic mass is 16.1. The average Bonchev–Trinajstić information content (AvgIpc) is 2.70. The number of aromatic nitrogens is 1. The Labute approximate surface area is 182 Å². The van der Waals surface area contributed by atoms with Crippen LogP contribution in [0.2, 0.25) is 0 Å². The molecule has 1 aromatic heterocycles. The molecule has 2 aliphatic heterocycles. The number of anilines is 1. The Balaban J connectivity index is 0.00000256. The van der Waals surface area contributed by atoms with E-state index < -0.39 is 0 Å². The number of hydrogen-bond donors (Lipinski definition) is 0.